The minimum atomic E-state index is -0.542. The van der Waals surface area contributed by atoms with Gasteiger partial charge in [0, 0.05) is 5.69 Å². The Morgan fingerprint density at radius 1 is 1.30 bits per heavy atom. The maximum absolute atomic E-state index is 12.4. The number of carbonyl (C=O) groups excluding carboxylic acids is 1. The van der Waals surface area contributed by atoms with Crippen LogP contribution < -0.4 is 5.32 Å². The molecule has 4 heteroatoms. The molecule has 0 radical (unpaired) electrons. The second kappa shape index (κ2) is 5.94. The topological polar surface area (TPSA) is 58.6 Å². The van der Waals surface area contributed by atoms with E-state index in [4.69, 9.17) is 4.74 Å². The van der Waals surface area contributed by atoms with Crippen LogP contribution in [0.2, 0.25) is 0 Å². The molecule has 1 aliphatic heterocycles. The third-order valence-corrected chi connectivity index (χ3v) is 4.18. The minimum absolute atomic E-state index is 0.0166. The number of amides is 1. The zero-order chi connectivity index (χ0) is 14.9. The van der Waals surface area contributed by atoms with Crippen LogP contribution in [0.1, 0.15) is 39.4 Å². The molecule has 20 heavy (non-hydrogen) atoms. The van der Waals surface area contributed by atoms with E-state index in [0.717, 1.165) is 5.56 Å². The van der Waals surface area contributed by atoms with Crippen LogP contribution in [0, 0.1) is 11.8 Å². The molecule has 2 rings (SSSR count). The lowest BCUT2D eigenvalue weighted by atomic mass is 9.89. The molecule has 0 aromatic heterocycles. The van der Waals surface area contributed by atoms with Crippen molar-refractivity contribution in [2.24, 2.45) is 11.8 Å². The Bertz CT molecular complexity index is 486. The summed E-state index contributed by atoms with van der Waals surface area (Å²) in [5.74, 6) is 0.0437. The van der Waals surface area contributed by atoms with Crippen molar-refractivity contribution < 1.29 is 14.6 Å². The maximum atomic E-state index is 12.4. The second-order valence-electron chi connectivity index (χ2n) is 5.72. The van der Waals surface area contributed by atoms with Gasteiger partial charge >= 0.3 is 0 Å². The van der Waals surface area contributed by atoms with Crippen molar-refractivity contribution in [1.82, 2.24) is 0 Å². The van der Waals surface area contributed by atoms with Crippen LogP contribution in [0.5, 0.6) is 0 Å². The second-order valence-corrected chi connectivity index (χ2v) is 5.72. The molecule has 0 spiro atoms. The van der Waals surface area contributed by atoms with Crippen LogP contribution in [-0.4, -0.2) is 23.2 Å². The molecule has 0 aliphatic carbocycles. The summed E-state index contributed by atoms with van der Waals surface area (Å²) in [5, 5.41) is 12.5. The van der Waals surface area contributed by atoms with Crippen LogP contribution >= 0.6 is 0 Å². The molecule has 4 nitrogen and oxygen atoms in total. The third kappa shape index (κ3) is 3.02. The maximum Gasteiger partial charge on any atom is 0.230 e. The van der Waals surface area contributed by atoms with Gasteiger partial charge in [0.2, 0.25) is 5.91 Å². The average molecular weight is 277 g/mol. The van der Waals surface area contributed by atoms with Gasteiger partial charge in [0.25, 0.3) is 0 Å². The predicted octanol–water partition coefficient (Wildman–Crippen LogP) is 2.74. The molecule has 1 aliphatic rings. The Balaban J connectivity index is 2.10. The number of aliphatic hydroxyl groups is 1. The van der Waals surface area contributed by atoms with Crippen molar-refractivity contribution in [2.45, 2.75) is 46.0 Å². The molecule has 1 amide bonds. The molecule has 1 aromatic carbocycles. The van der Waals surface area contributed by atoms with Crippen LogP contribution in [0.4, 0.5) is 5.69 Å². The quantitative estimate of drug-likeness (QED) is 0.893. The summed E-state index contributed by atoms with van der Waals surface area (Å²) in [7, 11) is 0. The van der Waals surface area contributed by atoms with Crippen LogP contribution in [0.25, 0.3) is 0 Å². The summed E-state index contributed by atoms with van der Waals surface area (Å²) in [5.41, 5.74) is 1.51. The van der Waals surface area contributed by atoms with Gasteiger partial charge in [0.15, 0.2) is 0 Å². The number of nitrogens with one attached hydrogen (secondary N) is 1. The van der Waals surface area contributed by atoms with E-state index in [9.17, 15) is 9.90 Å². The first-order chi connectivity index (χ1) is 9.40. The first-order valence-corrected chi connectivity index (χ1v) is 7.14. The molecule has 1 heterocycles. The van der Waals surface area contributed by atoms with Gasteiger partial charge in [0.1, 0.15) is 0 Å². The van der Waals surface area contributed by atoms with Gasteiger partial charge in [-0.3, -0.25) is 4.79 Å². The molecular formula is C16H23NO3. The normalized spacial score (nSPS) is 31.1. The number of carbonyl (C=O) groups is 1. The van der Waals surface area contributed by atoms with Crippen molar-refractivity contribution >= 4 is 11.6 Å². The van der Waals surface area contributed by atoms with Gasteiger partial charge in [-0.2, -0.15) is 0 Å². The van der Waals surface area contributed by atoms with E-state index < -0.39 is 6.10 Å². The highest BCUT2D eigenvalue weighted by Gasteiger charge is 2.41. The standard InChI is InChI=1S/C16H23NO3/c1-9-11(3)20-12(4)15(9)16(19)17-14-7-5-6-13(8-14)10(2)18/h5-12,15,18H,1-4H3,(H,17,19). The number of benzene rings is 1. The van der Waals surface area contributed by atoms with Crippen molar-refractivity contribution in [3.8, 4) is 0 Å². The summed E-state index contributed by atoms with van der Waals surface area (Å²) < 4.78 is 5.71. The summed E-state index contributed by atoms with van der Waals surface area (Å²) in [4.78, 5) is 12.4. The van der Waals surface area contributed by atoms with Crippen molar-refractivity contribution in [1.29, 1.82) is 0 Å². The van der Waals surface area contributed by atoms with Crippen LogP contribution in [0.3, 0.4) is 0 Å². The summed E-state index contributed by atoms with van der Waals surface area (Å²) in [6.07, 6.45) is -0.510. The largest absolute Gasteiger partial charge is 0.389 e. The van der Waals surface area contributed by atoms with Crippen molar-refractivity contribution in [3.05, 3.63) is 29.8 Å². The van der Waals surface area contributed by atoms with E-state index in [0.29, 0.717) is 5.69 Å². The van der Waals surface area contributed by atoms with E-state index >= 15 is 0 Å². The predicted molar refractivity (Wildman–Crippen MR) is 78.4 cm³/mol. The number of hydrogen-bond donors (Lipinski definition) is 2. The summed E-state index contributed by atoms with van der Waals surface area (Å²) in [6, 6.07) is 7.31. The highest BCUT2D eigenvalue weighted by Crippen LogP contribution is 2.33. The first-order valence-electron chi connectivity index (χ1n) is 7.14. The SMILES string of the molecule is CC(O)c1cccc(NC(=O)C2C(C)OC(C)C2C)c1. The monoisotopic (exact) mass is 277 g/mol. The van der Waals surface area contributed by atoms with E-state index in [1.165, 1.54) is 0 Å². The fourth-order valence-corrected chi connectivity index (χ4v) is 2.82. The van der Waals surface area contributed by atoms with E-state index in [2.05, 4.69) is 5.32 Å². The number of hydrogen-bond acceptors (Lipinski definition) is 3. The zero-order valence-electron chi connectivity index (χ0n) is 12.5. The highest BCUT2D eigenvalue weighted by molar-refractivity contribution is 5.93. The molecular weight excluding hydrogens is 254 g/mol. The smallest absolute Gasteiger partial charge is 0.230 e. The zero-order valence-corrected chi connectivity index (χ0v) is 12.5. The van der Waals surface area contributed by atoms with Gasteiger partial charge < -0.3 is 15.2 Å². The molecule has 5 unspecified atom stereocenters. The van der Waals surface area contributed by atoms with E-state index in [1.807, 2.05) is 39.0 Å². The molecule has 0 bridgehead atoms. The van der Waals surface area contributed by atoms with Gasteiger partial charge in [-0.25, -0.2) is 0 Å². The molecule has 1 saturated heterocycles. The summed E-state index contributed by atoms with van der Waals surface area (Å²) in [6.45, 7) is 7.70. The minimum Gasteiger partial charge on any atom is -0.389 e. The fraction of sp³-hybridized carbons (Fsp3) is 0.562. The number of rotatable bonds is 3. The molecule has 1 fully saturated rings. The summed E-state index contributed by atoms with van der Waals surface area (Å²) >= 11 is 0. The van der Waals surface area contributed by atoms with E-state index in [1.54, 1.807) is 13.0 Å². The molecule has 0 saturated carbocycles. The molecule has 1 aromatic rings. The lowest BCUT2D eigenvalue weighted by molar-refractivity contribution is -0.121. The van der Waals surface area contributed by atoms with Crippen molar-refractivity contribution in [2.75, 3.05) is 5.32 Å². The Morgan fingerprint density at radius 3 is 2.55 bits per heavy atom. The molecule has 110 valence electrons. The number of ether oxygens (including phenoxy) is 1. The Labute approximate surface area is 120 Å². The van der Waals surface area contributed by atoms with Gasteiger partial charge in [0.05, 0.1) is 24.2 Å². The lowest BCUT2D eigenvalue weighted by Crippen LogP contribution is -2.32. The number of aliphatic hydroxyl groups excluding tert-OH is 1. The Morgan fingerprint density at radius 2 is 2.00 bits per heavy atom. The fourth-order valence-electron chi connectivity index (χ4n) is 2.82. The Kier molecular flexibility index (Phi) is 4.45. The van der Waals surface area contributed by atoms with Crippen LogP contribution in [0.15, 0.2) is 24.3 Å². The third-order valence-electron chi connectivity index (χ3n) is 4.18. The number of anilines is 1. The van der Waals surface area contributed by atoms with Crippen molar-refractivity contribution in [3.63, 3.8) is 0 Å². The average Bonchev–Trinajstić information content (AvgIpc) is 2.63. The Hall–Kier alpha value is -1.39. The molecule has 5 atom stereocenters. The van der Waals surface area contributed by atoms with E-state index in [-0.39, 0.29) is 30.0 Å². The highest BCUT2D eigenvalue weighted by atomic mass is 16.5. The van der Waals surface area contributed by atoms with Gasteiger partial charge in [-0.05, 0) is 44.4 Å². The first kappa shape index (κ1) is 15.0. The molecule has 2 N–H and O–H groups in total. The lowest BCUT2D eigenvalue weighted by Gasteiger charge is -2.18. The van der Waals surface area contributed by atoms with Crippen LogP contribution in [-0.2, 0) is 9.53 Å². The van der Waals surface area contributed by atoms with Gasteiger partial charge in [-0.1, -0.05) is 19.1 Å². The van der Waals surface area contributed by atoms with Gasteiger partial charge in [-0.15, -0.1) is 0 Å².